The summed E-state index contributed by atoms with van der Waals surface area (Å²) in [4.78, 5) is 0. The van der Waals surface area contributed by atoms with E-state index in [1.807, 2.05) is 18.2 Å². The van der Waals surface area contributed by atoms with Crippen LogP contribution in [0.15, 0.2) is 49.0 Å². The smallest absolute Gasteiger partial charge is 0.192 e. The molecule has 0 atom stereocenters. The van der Waals surface area contributed by atoms with Crippen molar-refractivity contribution in [1.82, 2.24) is 0 Å². The molecule has 5 heteroatoms. The monoisotopic (exact) mass is 498 g/mol. The molecule has 0 radical (unpaired) electrons. The van der Waals surface area contributed by atoms with Gasteiger partial charge in [0.1, 0.15) is 12.4 Å². The van der Waals surface area contributed by atoms with Crippen LogP contribution in [0.5, 0.6) is 5.75 Å². The summed E-state index contributed by atoms with van der Waals surface area (Å²) in [7, 11) is -3.61. The molecule has 0 aliphatic carbocycles. The molecular weight excluding hydrogens is 452 g/mol. The number of benzene rings is 2. The lowest BCUT2D eigenvalue weighted by molar-refractivity contribution is 0.257. The highest BCUT2D eigenvalue weighted by Gasteiger charge is 2.38. The molecule has 0 aromatic heterocycles. The fourth-order valence-electron chi connectivity index (χ4n) is 2.90. The second-order valence-corrected chi connectivity index (χ2v) is 21.9. The summed E-state index contributed by atoms with van der Waals surface area (Å²) < 4.78 is 19.2. The van der Waals surface area contributed by atoms with Crippen LogP contribution in [0, 0.1) is 0 Å². The first-order chi connectivity index (χ1) is 15.6. The van der Waals surface area contributed by atoms with Crippen molar-refractivity contribution in [3.8, 4) is 5.75 Å². The molecule has 3 nitrogen and oxygen atoms in total. The summed E-state index contributed by atoms with van der Waals surface area (Å²) in [6.45, 7) is 28.4. The van der Waals surface area contributed by atoms with Gasteiger partial charge in [-0.3, -0.25) is 0 Å². The number of hydrogen-bond acceptors (Lipinski definition) is 3. The van der Waals surface area contributed by atoms with E-state index in [1.54, 1.807) is 0 Å². The normalized spacial score (nSPS) is 13.1. The Bertz CT molecular complexity index is 949. The molecule has 2 aromatic carbocycles. The summed E-state index contributed by atoms with van der Waals surface area (Å²) in [6.07, 6.45) is 1.85. The Labute approximate surface area is 210 Å². The molecule has 0 fully saturated rings. The lowest BCUT2D eigenvalue weighted by Gasteiger charge is -2.36. The fourth-order valence-corrected chi connectivity index (χ4v) is 4.81. The van der Waals surface area contributed by atoms with E-state index in [9.17, 15) is 0 Å². The van der Waals surface area contributed by atoms with Gasteiger partial charge in [0.15, 0.2) is 16.6 Å². The van der Waals surface area contributed by atoms with Gasteiger partial charge in [-0.1, -0.05) is 96.7 Å². The summed E-state index contributed by atoms with van der Waals surface area (Å²) >= 11 is 0. The van der Waals surface area contributed by atoms with Crippen LogP contribution >= 0.6 is 0 Å². The number of para-hydroxylation sites is 1. The van der Waals surface area contributed by atoms with Crippen LogP contribution in [-0.2, 0) is 28.7 Å². The van der Waals surface area contributed by atoms with E-state index in [1.165, 1.54) is 5.56 Å². The Hall–Kier alpha value is -1.67. The van der Waals surface area contributed by atoms with E-state index in [-0.39, 0.29) is 10.1 Å². The SMILES string of the molecule is C=Cc1cccc(CO[Si](C)(C)C(C)(C)C)c1OCc1ccc(CO[Si](C)(C)C(C)(C)C)cc1. The summed E-state index contributed by atoms with van der Waals surface area (Å²) in [5, 5.41) is 0.380. The van der Waals surface area contributed by atoms with Gasteiger partial charge in [0.25, 0.3) is 0 Å². The maximum absolute atomic E-state index is 6.48. The lowest BCUT2D eigenvalue weighted by Crippen LogP contribution is -2.40. The van der Waals surface area contributed by atoms with E-state index < -0.39 is 16.6 Å². The summed E-state index contributed by atoms with van der Waals surface area (Å²) in [6, 6.07) is 14.7. The molecule has 188 valence electrons. The van der Waals surface area contributed by atoms with Crippen molar-refractivity contribution in [3.05, 3.63) is 71.3 Å². The highest BCUT2D eigenvalue weighted by molar-refractivity contribution is 6.74. The zero-order valence-corrected chi connectivity index (χ0v) is 25.2. The maximum Gasteiger partial charge on any atom is 0.192 e. The Balaban J connectivity index is 2.08. The molecule has 0 spiro atoms. The second-order valence-electron chi connectivity index (χ2n) is 12.2. The molecule has 0 saturated heterocycles. The second kappa shape index (κ2) is 10.9. The van der Waals surface area contributed by atoms with Crippen molar-refractivity contribution in [3.63, 3.8) is 0 Å². The molecule has 0 amide bonds. The highest BCUT2D eigenvalue weighted by Crippen LogP contribution is 2.38. The minimum Gasteiger partial charge on any atom is -0.488 e. The maximum atomic E-state index is 6.48. The zero-order valence-electron chi connectivity index (χ0n) is 23.2. The van der Waals surface area contributed by atoms with Crippen LogP contribution in [-0.4, -0.2) is 16.6 Å². The first-order valence-electron chi connectivity index (χ1n) is 12.3. The third-order valence-corrected chi connectivity index (χ3v) is 16.5. The van der Waals surface area contributed by atoms with Crippen LogP contribution < -0.4 is 4.74 Å². The van der Waals surface area contributed by atoms with Crippen LogP contribution in [0.25, 0.3) is 6.08 Å². The van der Waals surface area contributed by atoms with Gasteiger partial charge in [0.05, 0.1) is 13.2 Å². The lowest BCUT2D eigenvalue weighted by atomic mass is 10.1. The third-order valence-electron chi connectivity index (χ3n) is 7.55. The van der Waals surface area contributed by atoms with E-state index in [2.05, 4.69) is 105 Å². The van der Waals surface area contributed by atoms with Gasteiger partial charge in [-0.15, -0.1) is 0 Å². The molecule has 2 aromatic rings. The highest BCUT2D eigenvalue weighted by atomic mass is 28.4. The van der Waals surface area contributed by atoms with Crippen molar-refractivity contribution in [1.29, 1.82) is 0 Å². The molecule has 0 unspecified atom stereocenters. The Morgan fingerprint density at radius 2 is 1.18 bits per heavy atom. The minimum atomic E-state index is -1.86. The van der Waals surface area contributed by atoms with Crippen molar-refractivity contribution in [2.24, 2.45) is 0 Å². The van der Waals surface area contributed by atoms with E-state index >= 15 is 0 Å². The first kappa shape index (κ1) is 28.6. The van der Waals surface area contributed by atoms with Crippen molar-refractivity contribution >= 4 is 22.7 Å². The van der Waals surface area contributed by atoms with Gasteiger partial charge in [0, 0.05) is 11.1 Å². The largest absolute Gasteiger partial charge is 0.488 e. The molecule has 0 bridgehead atoms. The molecular formula is C29H46O3Si2. The van der Waals surface area contributed by atoms with Gasteiger partial charge in [-0.25, -0.2) is 0 Å². The van der Waals surface area contributed by atoms with Gasteiger partial charge >= 0.3 is 0 Å². The first-order valence-corrected chi connectivity index (χ1v) is 18.1. The van der Waals surface area contributed by atoms with Crippen molar-refractivity contribution in [2.45, 2.75) is 97.6 Å². The van der Waals surface area contributed by atoms with Crippen molar-refractivity contribution in [2.75, 3.05) is 0 Å². The Morgan fingerprint density at radius 3 is 1.65 bits per heavy atom. The standard InChI is InChI=1S/C29H46O3Si2/c1-12-25-14-13-15-26(22-32-34(10,11)29(5,6)7)27(25)30-20-23-16-18-24(19-17-23)21-31-33(8,9)28(2,3)4/h12-19H,1,20-22H2,2-11H3. The van der Waals surface area contributed by atoms with Crippen LogP contribution in [0.1, 0.15) is 63.8 Å². The molecule has 0 aliphatic heterocycles. The summed E-state index contributed by atoms with van der Waals surface area (Å²) in [5.41, 5.74) is 4.40. The Kier molecular flexibility index (Phi) is 9.19. The quantitative estimate of drug-likeness (QED) is 0.306. The molecule has 2 rings (SSSR count). The number of ether oxygens (including phenoxy) is 1. The molecule has 34 heavy (non-hydrogen) atoms. The minimum absolute atomic E-state index is 0.167. The van der Waals surface area contributed by atoms with Crippen LogP contribution in [0.4, 0.5) is 0 Å². The zero-order chi connectivity index (χ0) is 25.8. The predicted octanol–water partition coefficient (Wildman–Crippen LogP) is 8.95. The molecule has 0 aliphatic rings. The van der Waals surface area contributed by atoms with E-state index in [4.69, 9.17) is 13.6 Å². The molecule has 0 saturated carbocycles. The van der Waals surface area contributed by atoms with Crippen molar-refractivity contribution < 1.29 is 13.6 Å². The van der Waals surface area contributed by atoms with Gasteiger partial charge in [-0.05, 0) is 47.4 Å². The number of hydrogen-bond donors (Lipinski definition) is 0. The molecule has 0 heterocycles. The summed E-state index contributed by atoms with van der Waals surface area (Å²) in [5.74, 6) is 0.863. The van der Waals surface area contributed by atoms with Crippen LogP contribution in [0.3, 0.4) is 0 Å². The average Bonchev–Trinajstić information content (AvgIpc) is 2.74. The third kappa shape index (κ3) is 7.41. The van der Waals surface area contributed by atoms with E-state index in [0.717, 1.165) is 22.4 Å². The van der Waals surface area contributed by atoms with Gasteiger partial charge in [0.2, 0.25) is 0 Å². The molecule has 0 N–H and O–H groups in total. The van der Waals surface area contributed by atoms with Gasteiger partial charge in [-0.2, -0.15) is 0 Å². The predicted molar refractivity (Wildman–Crippen MR) is 151 cm³/mol. The topological polar surface area (TPSA) is 27.7 Å². The van der Waals surface area contributed by atoms with Crippen LogP contribution in [0.2, 0.25) is 36.3 Å². The van der Waals surface area contributed by atoms with E-state index in [0.29, 0.717) is 19.8 Å². The van der Waals surface area contributed by atoms with Gasteiger partial charge < -0.3 is 13.6 Å². The average molecular weight is 499 g/mol. The Morgan fingerprint density at radius 1 is 0.706 bits per heavy atom. The number of rotatable bonds is 10. The fraction of sp³-hybridized carbons (Fsp3) is 0.517.